The molecule has 0 fully saturated rings. The molecule has 0 aliphatic heterocycles. The first-order valence-electron chi connectivity index (χ1n) is 4.82. The molecule has 0 aliphatic rings. The zero-order valence-corrected chi connectivity index (χ0v) is 8.67. The number of halogens is 4. The van der Waals surface area contributed by atoms with E-state index < -0.39 is 36.7 Å². The van der Waals surface area contributed by atoms with Crippen LogP contribution in [0.25, 0.3) is 0 Å². The van der Waals surface area contributed by atoms with Gasteiger partial charge >= 0.3 is 12.1 Å². The molecule has 1 aromatic rings. The third-order valence-electron chi connectivity index (χ3n) is 2.31. The fourth-order valence-electron chi connectivity index (χ4n) is 1.44. The summed E-state index contributed by atoms with van der Waals surface area (Å²) in [5.74, 6) is -4.38. The summed E-state index contributed by atoms with van der Waals surface area (Å²) >= 11 is 0. The predicted octanol–water partition coefficient (Wildman–Crippen LogP) is 3.02. The monoisotopic (exact) mass is 250 g/mol. The van der Waals surface area contributed by atoms with E-state index >= 15 is 0 Å². The maximum absolute atomic E-state index is 13.2. The molecule has 0 spiro atoms. The van der Waals surface area contributed by atoms with Crippen LogP contribution < -0.4 is 0 Å². The van der Waals surface area contributed by atoms with Gasteiger partial charge in [-0.15, -0.1) is 0 Å². The summed E-state index contributed by atoms with van der Waals surface area (Å²) in [5.41, 5.74) is -0.129. The predicted molar refractivity (Wildman–Crippen MR) is 51.9 cm³/mol. The van der Waals surface area contributed by atoms with Gasteiger partial charge in [0, 0.05) is 0 Å². The summed E-state index contributed by atoms with van der Waals surface area (Å²) in [5, 5.41) is 8.40. The third kappa shape index (κ3) is 4.05. The van der Waals surface area contributed by atoms with Gasteiger partial charge in [-0.3, -0.25) is 4.79 Å². The van der Waals surface area contributed by atoms with Gasteiger partial charge in [0.1, 0.15) is 5.82 Å². The number of rotatable bonds is 4. The van der Waals surface area contributed by atoms with Crippen molar-refractivity contribution >= 4 is 5.97 Å². The minimum Gasteiger partial charge on any atom is -0.481 e. The van der Waals surface area contributed by atoms with Gasteiger partial charge in [0.2, 0.25) is 0 Å². The van der Waals surface area contributed by atoms with Gasteiger partial charge in [0.25, 0.3) is 0 Å². The molecule has 6 heteroatoms. The van der Waals surface area contributed by atoms with Gasteiger partial charge in [-0.2, -0.15) is 13.2 Å². The third-order valence-corrected chi connectivity index (χ3v) is 2.31. The van der Waals surface area contributed by atoms with E-state index in [1.54, 1.807) is 0 Å². The molecular formula is C11H10F4O2. The molecule has 0 aromatic heterocycles. The second-order valence-corrected chi connectivity index (χ2v) is 3.63. The molecule has 1 N–H and O–H groups in total. The largest absolute Gasteiger partial charge is 0.481 e. The Morgan fingerprint density at radius 3 is 2.35 bits per heavy atom. The molecule has 0 radical (unpaired) electrons. The summed E-state index contributed by atoms with van der Waals surface area (Å²) in [7, 11) is 0. The Morgan fingerprint density at radius 2 is 1.88 bits per heavy atom. The highest BCUT2D eigenvalue weighted by atomic mass is 19.4. The van der Waals surface area contributed by atoms with E-state index in [4.69, 9.17) is 5.11 Å². The van der Waals surface area contributed by atoms with Gasteiger partial charge in [0.05, 0.1) is 12.3 Å². The van der Waals surface area contributed by atoms with Crippen molar-refractivity contribution in [2.45, 2.75) is 19.0 Å². The van der Waals surface area contributed by atoms with Gasteiger partial charge in [-0.25, -0.2) is 4.39 Å². The van der Waals surface area contributed by atoms with Crippen molar-refractivity contribution in [1.29, 1.82) is 0 Å². The quantitative estimate of drug-likeness (QED) is 0.834. The number of hydrogen-bond acceptors (Lipinski definition) is 1. The van der Waals surface area contributed by atoms with E-state index in [1.165, 1.54) is 18.2 Å². The molecule has 0 amide bonds. The molecule has 0 saturated carbocycles. The van der Waals surface area contributed by atoms with Crippen LogP contribution in [-0.4, -0.2) is 17.3 Å². The van der Waals surface area contributed by atoms with Crippen molar-refractivity contribution in [2.24, 2.45) is 5.92 Å². The number of hydrogen-bond donors (Lipinski definition) is 1. The summed E-state index contributed by atoms with van der Waals surface area (Å²) in [6.07, 6.45) is -6.37. The van der Waals surface area contributed by atoms with E-state index in [0.29, 0.717) is 0 Å². The summed E-state index contributed by atoms with van der Waals surface area (Å²) in [4.78, 5) is 10.3. The summed E-state index contributed by atoms with van der Waals surface area (Å²) in [6.45, 7) is 0. The second-order valence-electron chi connectivity index (χ2n) is 3.63. The van der Waals surface area contributed by atoms with Crippen LogP contribution in [0.2, 0.25) is 0 Å². The first-order chi connectivity index (χ1) is 7.80. The lowest BCUT2D eigenvalue weighted by molar-refractivity contribution is -0.182. The van der Waals surface area contributed by atoms with Gasteiger partial charge in [-0.05, 0) is 18.1 Å². The van der Waals surface area contributed by atoms with Crippen LogP contribution in [-0.2, 0) is 11.2 Å². The SMILES string of the molecule is O=C(O)CC(Cc1ccccc1F)C(F)(F)F. The lowest BCUT2D eigenvalue weighted by atomic mass is 9.95. The minimum atomic E-state index is -4.65. The molecule has 1 aromatic carbocycles. The van der Waals surface area contributed by atoms with Crippen LogP contribution in [0.4, 0.5) is 17.6 Å². The van der Waals surface area contributed by atoms with Crippen LogP contribution in [0, 0.1) is 11.7 Å². The molecule has 1 atom stereocenters. The van der Waals surface area contributed by atoms with Gasteiger partial charge in [-0.1, -0.05) is 18.2 Å². The molecule has 17 heavy (non-hydrogen) atoms. The van der Waals surface area contributed by atoms with Crippen molar-refractivity contribution < 1.29 is 27.5 Å². The Bertz CT molecular complexity index is 401. The normalized spacial score (nSPS) is 13.4. The smallest absolute Gasteiger partial charge is 0.392 e. The topological polar surface area (TPSA) is 37.3 Å². The maximum atomic E-state index is 13.2. The molecule has 0 bridgehead atoms. The minimum absolute atomic E-state index is 0.129. The fourth-order valence-corrected chi connectivity index (χ4v) is 1.44. The number of carboxylic acids is 1. The summed E-state index contributed by atoms with van der Waals surface area (Å²) < 4.78 is 50.7. The Balaban J connectivity index is 2.87. The number of carboxylic acid groups (broad SMARTS) is 1. The first-order valence-corrected chi connectivity index (χ1v) is 4.82. The molecule has 0 aliphatic carbocycles. The lowest BCUT2D eigenvalue weighted by Crippen LogP contribution is -2.27. The number of aliphatic carboxylic acids is 1. The molecular weight excluding hydrogens is 240 g/mol. The molecule has 0 heterocycles. The van der Waals surface area contributed by atoms with E-state index in [0.717, 1.165) is 6.07 Å². The number of carbonyl (C=O) groups is 1. The molecule has 1 rings (SSSR count). The standard InChI is InChI=1S/C11H10F4O2/c12-9-4-2-1-3-7(9)5-8(6-10(16)17)11(13,14)15/h1-4,8H,5-6H2,(H,16,17). The van der Waals surface area contributed by atoms with Crippen molar-refractivity contribution in [3.63, 3.8) is 0 Å². The van der Waals surface area contributed by atoms with Crippen LogP contribution >= 0.6 is 0 Å². The zero-order valence-electron chi connectivity index (χ0n) is 8.67. The van der Waals surface area contributed by atoms with Gasteiger partial charge < -0.3 is 5.11 Å². The molecule has 94 valence electrons. The highest BCUT2D eigenvalue weighted by molar-refractivity contribution is 5.67. The lowest BCUT2D eigenvalue weighted by Gasteiger charge is -2.18. The second kappa shape index (κ2) is 5.16. The van der Waals surface area contributed by atoms with E-state index in [-0.39, 0.29) is 5.56 Å². The van der Waals surface area contributed by atoms with Crippen molar-refractivity contribution in [2.75, 3.05) is 0 Å². The molecule has 0 saturated heterocycles. The van der Waals surface area contributed by atoms with Crippen molar-refractivity contribution in [3.05, 3.63) is 35.6 Å². The Kier molecular flexibility index (Phi) is 4.09. The van der Waals surface area contributed by atoms with Crippen molar-refractivity contribution in [1.82, 2.24) is 0 Å². The maximum Gasteiger partial charge on any atom is 0.392 e. The van der Waals surface area contributed by atoms with Crippen LogP contribution in [0.3, 0.4) is 0 Å². The Labute approximate surface area is 94.9 Å². The van der Waals surface area contributed by atoms with E-state index in [2.05, 4.69) is 0 Å². The van der Waals surface area contributed by atoms with Crippen LogP contribution in [0.5, 0.6) is 0 Å². The van der Waals surface area contributed by atoms with Crippen LogP contribution in [0.15, 0.2) is 24.3 Å². The number of alkyl halides is 3. The molecule has 1 unspecified atom stereocenters. The fraction of sp³-hybridized carbons (Fsp3) is 0.364. The summed E-state index contributed by atoms with van der Waals surface area (Å²) in [6, 6.07) is 5.03. The first kappa shape index (κ1) is 13.5. The van der Waals surface area contributed by atoms with Crippen LogP contribution in [0.1, 0.15) is 12.0 Å². The van der Waals surface area contributed by atoms with Crippen molar-refractivity contribution in [3.8, 4) is 0 Å². The molecule has 2 nitrogen and oxygen atoms in total. The average Bonchev–Trinajstić information content (AvgIpc) is 2.18. The highest BCUT2D eigenvalue weighted by Gasteiger charge is 2.41. The van der Waals surface area contributed by atoms with E-state index in [1.807, 2.05) is 0 Å². The van der Waals surface area contributed by atoms with Gasteiger partial charge in [0.15, 0.2) is 0 Å². The van der Waals surface area contributed by atoms with E-state index in [9.17, 15) is 22.4 Å². The zero-order chi connectivity index (χ0) is 13.1. The highest BCUT2D eigenvalue weighted by Crippen LogP contribution is 2.32. The number of benzene rings is 1. The average molecular weight is 250 g/mol. The Hall–Kier alpha value is -1.59. The Morgan fingerprint density at radius 1 is 1.29 bits per heavy atom.